The van der Waals surface area contributed by atoms with E-state index in [1.807, 2.05) is 11.0 Å². The van der Waals surface area contributed by atoms with Crippen molar-refractivity contribution in [3.8, 4) is 5.75 Å². The van der Waals surface area contributed by atoms with Gasteiger partial charge in [0.1, 0.15) is 64.2 Å². The molecule has 196 valence electrons. The zero-order valence-electron chi connectivity index (χ0n) is 23.2. The molecule has 0 aliphatic carbocycles. The number of carbonyl (C=O) groups excluding carboxylic acids is 4. The van der Waals surface area contributed by atoms with Crippen molar-refractivity contribution < 1.29 is 28.7 Å². The van der Waals surface area contributed by atoms with Gasteiger partial charge in [0.2, 0.25) is 17.7 Å². The first-order chi connectivity index (χ1) is 18.5. The second-order valence-electron chi connectivity index (χ2n) is 11.1. The molecule has 3 aliphatic heterocycles. The molecule has 3 heterocycles. The SMILES string of the molecule is Bc1cc(COc2cccc3c2CN(C2CCC(=O)NC2=O)C3=O)c(B)c(B)c1C(B)(B)N1CCOCC1=O. The topological polar surface area (TPSA) is 105 Å². The highest BCUT2D eigenvalue weighted by Crippen LogP contribution is 2.34. The predicted molar refractivity (Wildman–Crippen MR) is 159 cm³/mol. The predicted octanol–water partition coefficient (Wildman–Crippen LogP) is -5.96. The molecule has 1 N–H and O–H groups in total. The van der Waals surface area contributed by atoms with Crippen molar-refractivity contribution in [1.82, 2.24) is 15.1 Å². The van der Waals surface area contributed by atoms with Crippen molar-refractivity contribution in [2.75, 3.05) is 19.8 Å². The van der Waals surface area contributed by atoms with Crippen LogP contribution in [0.2, 0.25) is 0 Å². The summed E-state index contributed by atoms with van der Waals surface area (Å²) in [4.78, 5) is 53.2. The van der Waals surface area contributed by atoms with E-state index < -0.39 is 17.3 Å². The fourth-order valence-corrected chi connectivity index (χ4v) is 6.35. The molecule has 0 saturated carbocycles. The molecule has 3 aliphatic rings. The van der Waals surface area contributed by atoms with E-state index in [0.29, 0.717) is 37.5 Å². The lowest BCUT2D eigenvalue weighted by atomic mass is 9.51. The van der Waals surface area contributed by atoms with Gasteiger partial charge in [0, 0.05) is 29.4 Å². The van der Waals surface area contributed by atoms with Crippen LogP contribution in [0.5, 0.6) is 5.75 Å². The van der Waals surface area contributed by atoms with Crippen molar-refractivity contribution >= 4 is 79.2 Å². The third-order valence-electron chi connectivity index (χ3n) is 8.40. The Hall–Kier alpha value is -3.40. The van der Waals surface area contributed by atoms with Crippen LogP contribution < -0.4 is 26.4 Å². The number of ether oxygens (including phenoxy) is 2. The number of carbonyl (C=O) groups is 4. The summed E-state index contributed by atoms with van der Waals surface area (Å²) >= 11 is 0. The smallest absolute Gasteiger partial charge is 0.255 e. The van der Waals surface area contributed by atoms with Gasteiger partial charge in [-0.05, 0) is 24.1 Å². The van der Waals surface area contributed by atoms with Crippen molar-refractivity contribution in [2.45, 2.75) is 37.4 Å². The van der Waals surface area contributed by atoms with Gasteiger partial charge in [-0.1, -0.05) is 34.1 Å². The van der Waals surface area contributed by atoms with E-state index in [1.54, 1.807) is 12.1 Å². The molecular formula is C25H30B5N3O6. The van der Waals surface area contributed by atoms with E-state index in [0.717, 1.165) is 33.1 Å². The third kappa shape index (κ3) is 4.79. The number of nitrogens with zero attached hydrogens (tertiary/aromatic N) is 2. The maximum atomic E-state index is 13.1. The minimum absolute atomic E-state index is 0.00561. The van der Waals surface area contributed by atoms with E-state index >= 15 is 0 Å². The molecule has 2 fully saturated rings. The van der Waals surface area contributed by atoms with Crippen LogP contribution in [0.3, 0.4) is 0 Å². The molecule has 2 saturated heterocycles. The molecule has 2 aromatic rings. The first kappa shape index (κ1) is 27.2. The Bertz CT molecular complexity index is 1400. The maximum Gasteiger partial charge on any atom is 0.255 e. The molecule has 14 heteroatoms. The van der Waals surface area contributed by atoms with Crippen molar-refractivity contribution in [3.63, 3.8) is 0 Å². The first-order valence-corrected chi connectivity index (χ1v) is 13.4. The fourth-order valence-electron chi connectivity index (χ4n) is 6.35. The number of morpholine rings is 1. The van der Waals surface area contributed by atoms with Crippen molar-refractivity contribution in [2.24, 2.45) is 0 Å². The lowest BCUT2D eigenvalue weighted by Crippen LogP contribution is -2.60. The summed E-state index contributed by atoms with van der Waals surface area (Å²) < 4.78 is 11.6. The maximum absolute atomic E-state index is 13.1. The number of piperidine rings is 1. The molecule has 5 rings (SSSR count). The van der Waals surface area contributed by atoms with Gasteiger partial charge in [0.05, 0.1) is 13.2 Å². The normalized spacial score (nSPS) is 19.7. The first-order valence-electron chi connectivity index (χ1n) is 13.4. The zero-order valence-corrected chi connectivity index (χ0v) is 23.2. The van der Waals surface area contributed by atoms with Crippen LogP contribution in [-0.4, -0.2) is 98.5 Å². The molecule has 39 heavy (non-hydrogen) atoms. The van der Waals surface area contributed by atoms with E-state index in [-0.39, 0.29) is 37.3 Å². The molecule has 9 nitrogen and oxygen atoms in total. The summed E-state index contributed by atoms with van der Waals surface area (Å²) in [7, 11) is 10.4. The molecule has 0 spiro atoms. The Morgan fingerprint density at radius 1 is 1.10 bits per heavy atom. The van der Waals surface area contributed by atoms with Gasteiger partial charge in [-0.3, -0.25) is 24.5 Å². The second-order valence-corrected chi connectivity index (χ2v) is 11.1. The number of fused-ring (bicyclic) bond motifs is 1. The summed E-state index contributed by atoms with van der Waals surface area (Å²) in [5, 5.41) is 1.85. The molecule has 0 aromatic heterocycles. The lowest BCUT2D eigenvalue weighted by Gasteiger charge is -2.44. The molecule has 2 aromatic carbocycles. The summed E-state index contributed by atoms with van der Waals surface area (Å²) in [6.07, 6.45) is 0.529. The van der Waals surface area contributed by atoms with Crippen LogP contribution in [-0.2, 0) is 37.6 Å². The van der Waals surface area contributed by atoms with E-state index in [9.17, 15) is 19.2 Å². The third-order valence-corrected chi connectivity index (χ3v) is 8.40. The number of hydrogen-bond acceptors (Lipinski definition) is 6. The van der Waals surface area contributed by atoms with Crippen LogP contribution in [0, 0.1) is 0 Å². The Morgan fingerprint density at radius 3 is 2.59 bits per heavy atom. The summed E-state index contributed by atoms with van der Waals surface area (Å²) in [6.45, 7) is 1.77. The minimum atomic E-state index is -0.669. The molecule has 1 atom stereocenters. The van der Waals surface area contributed by atoms with Crippen molar-refractivity contribution in [3.05, 3.63) is 46.5 Å². The highest BCUT2D eigenvalue weighted by Gasteiger charge is 2.40. The average Bonchev–Trinajstić information content (AvgIpc) is 3.22. The van der Waals surface area contributed by atoms with Crippen molar-refractivity contribution in [1.29, 1.82) is 0 Å². The van der Waals surface area contributed by atoms with Gasteiger partial charge in [0.25, 0.3) is 5.91 Å². The van der Waals surface area contributed by atoms with Crippen LogP contribution in [0.1, 0.15) is 39.9 Å². The Kier molecular flexibility index (Phi) is 7.18. The van der Waals surface area contributed by atoms with Gasteiger partial charge in [-0.25, -0.2) is 0 Å². The van der Waals surface area contributed by atoms with Crippen LogP contribution in [0.25, 0.3) is 0 Å². The molecular weight excluding hydrogens is 492 g/mol. The highest BCUT2D eigenvalue weighted by atomic mass is 16.5. The van der Waals surface area contributed by atoms with E-state index in [2.05, 4.69) is 50.6 Å². The zero-order chi connectivity index (χ0) is 28.1. The number of nitrogens with one attached hydrogen (secondary N) is 1. The summed E-state index contributed by atoms with van der Waals surface area (Å²) in [5.41, 5.74) is 6.73. The van der Waals surface area contributed by atoms with Gasteiger partial charge >= 0.3 is 0 Å². The Labute approximate surface area is 232 Å². The fraction of sp³-hybridized carbons (Fsp3) is 0.360. The number of benzene rings is 2. The average molecular weight is 523 g/mol. The van der Waals surface area contributed by atoms with Gasteiger partial charge in [-0.15, -0.1) is 0 Å². The lowest BCUT2D eigenvalue weighted by molar-refractivity contribution is -0.145. The molecule has 0 radical (unpaired) electrons. The van der Waals surface area contributed by atoms with Gasteiger partial charge in [0.15, 0.2) is 0 Å². The second kappa shape index (κ2) is 10.3. The minimum Gasteiger partial charge on any atom is -0.489 e. The summed E-state index contributed by atoms with van der Waals surface area (Å²) in [5.74, 6) is -0.366. The molecule has 4 amide bonds. The highest BCUT2D eigenvalue weighted by molar-refractivity contribution is 6.54. The Morgan fingerprint density at radius 2 is 1.87 bits per heavy atom. The number of imide groups is 1. The van der Waals surface area contributed by atoms with Gasteiger partial charge < -0.3 is 19.3 Å². The van der Waals surface area contributed by atoms with Crippen LogP contribution >= 0.6 is 0 Å². The monoisotopic (exact) mass is 523 g/mol. The quantitative estimate of drug-likeness (QED) is 0.299. The summed E-state index contributed by atoms with van der Waals surface area (Å²) in [6, 6.07) is 6.83. The molecule has 1 unspecified atom stereocenters. The Balaban J connectivity index is 1.37. The number of amides is 4. The standard InChI is InChI=1S/C25H30B5N3O6/c26-15-8-12(21(27)22(28)20(15)25(29,30)33-6-7-38-11-19(33)35)10-39-17-3-1-2-13-14(17)9-32(24(13)37)16-4-5-18(34)31-23(16)36/h1-3,8,16H,4-7,9-11,26-30H2,(H,31,34,36). The van der Waals surface area contributed by atoms with E-state index in [1.165, 1.54) is 4.90 Å². The van der Waals surface area contributed by atoms with E-state index in [4.69, 9.17) is 9.47 Å². The van der Waals surface area contributed by atoms with Gasteiger partial charge in [-0.2, -0.15) is 0 Å². The number of hydrogen-bond donors (Lipinski definition) is 1. The van der Waals surface area contributed by atoms with Crippen LogP contribution in [0.4, 0.5) is 0 Å². The van der Waals surface area contributed by atoms with Crippen LogP contribution in [0.15, 0.2) is 24.3 Å². The largest absolute Gasteiger partial charge is 0.489 e. The number of rotatable bonds is 6. The molecule has 0 bridgehead atoms.